The first-order valence-electron chi connectivity index (χ1n) is 6.72. The summed E-state index contributed by atoms with van der Waals surface area (Å²) in [7, 11) is 0. The predicted molar refractivity (Wildman–Crippen MR) is 73.5 cm³/mol. The Morgan fingerprint density at radius 2 is 2.06 bits per heavy atom. The molecule has 1 aliphatic carbocycles. The molecular weight excluding hydrogens is 230 g/mol. The molecule has 0 aromatic carbocycles. The zero-order chi connectivity index (χ0) is 12.3. The highest BCUT2D eigenvalue weighted by Crippen LogP contribution is 2.31. The number of hydrogen-bond acceptors (Lipinski definition) is 4. The first-order valence-corrected chi connectivity index (χ1v) is 7.54. The molecule has 0 spiro atoms. The van der Waals surface area contributed by atoms with Crippen LogP contribution >= 0.6 is 11.3 Å². The molecule has 4 heteroatoms. The SMILES string of the molecule is CC(C)Cc1nnc(NC(C)CC2CCC2)s1. The standard InChI is InChI=1S/C13H23N3S/c1-9(2)7-12-15-16-13(17-12)14-10(3)8-11-5-4-6-11/h9-11H,4-8H2,1-3H3,(H,14,16). The Hall–Kier alpha value is -0.640. The van der Waals surface area contributed by atoms with Crippen LogP contribution in [0.3, 0.4) is 0 Å². The second kappa shape index (κ2) is 5.80. The quantitative estimate of drug-likeness (QED) is 0.839. The van der Waals surface area contributed by atoms with Crippen LogP contribution in [0.4, 0.5) is 5.13 Å². The highest BCUT2D eigenvalue weighted by atomic mass is 32.1. The number of anilines is 1. The van der Waals surface area contributed by atoms with E-state index in [0.717, 1.165) is 22.5 Å². The normalized spacial score (nSPS) is 18.1. The Morgan fingerprint density at radius 3 is 2.65 bits per heavy atom. The third kappa shape index (κ3) is 3.95. The topological polar surface area (TPSA) is 37.8 Å². The first kappa shape index (κ1) is 12.8. The highest BCUT2D eigenvalue weighted by molar-refractivity contribution is 7.15. The molecule has 0 bridgehead atoms. The van der Waals surface area contributed by atoms with E-state index in [0.29, 0.717) is 12.0 Å². The van der Waals surface area contributed by atoms with E-state index in [2.05, 4.69) is 36.3 Å². The summed E-state index contributed by atoms with van der Waals surface area (Å²) in [6, 6.07) is 0.528. The molecule has 0 radical (unpaired) electrons. The smallest absolute Gasteiger partial charge is 0.205 e. The third-order valence-electron chi connectivity index (χ3n) is 3.33. The second-order valence-electron chi connectivity index (χ2n) is 5.68. The Balaban J connectivity index is 1.78. The van der Waals surface area contributed by atoms with Crippen molar-refractivity contribution in [1.29, 1.82) is 0 Å². The van der Waals surface area contributed by atoms with Gasteiger partial charge in [0.15, 0.2) is 0 Å². The largest absolute Gasteiger partial charge is 0.358 e. The molecule has 0 aliphatic heterocycles. The van der Waals surface area contributed by atoms with Gasteiger partial charge in [0.2, 0.25) is 5.13 Å². The summed E-state index contributed by atoms with van der Waals surface area (Å²) in [6.45, 7) is 6.68. The molecule has 1 atom stereocenters. The van der Waals surface area contributed by atoms with Gasteiger partial charge in [-0.3, -0.25) is 0 Å². The van der Waals surface area contributed by atoms with E-state index in [1.54, 1.807) is 11.3 Å². The molecule has 3 nitrogen and oxygen atoms in total. The fourth-order valence-corrected chi connectivity index (χ4v) is 3.31. The van der Waals surface area contributed by atoms with Gasteiger partial charge in [-0.1, -0.05) is 44.4 Å². The van der Waals surface area contributed by atoms with E-state index >= 15 is 0 Å². The third-order valence-corrected chi connectivity index (χ3v) is 4.21. The summed E-state index contributed by atoms with van der Waals surface area (Å²) in [4.78, 5) is 0. The highest BCUT2D eigenvalue weighted by Gasteiger charge is 2.20. The van der Waals surface area contributed by atoms with Gasteiger partial charge in [0.25, 0.3) is 0 Å². The molecular formula is C13H23N3S. The predicted octanol–water partition coefficient (Wildman–Crippen LogP) is 3.73. The van der Waals surface area contributed by atoms with E-state index in [1.165, 1.54) is 25.7 Å². The molecule has 1 aromatic rings. The van der Waals surface area contributed by atoms with Gasteiger partial charge in [0.05, 0.1) is 0 Å². The van der Waals surface area contributed by atoms with Crippen molar-refractivity contribution in [2.24, 2.45) is 11.8 Å². The fraction of sp³-hybridized carbons (Fsp3) is 0.846. The molecule has 1 aromatic heterocycles. The van der Waals surface area contributed by atoms with Crippen LogP contribution in [-0.4, -0.2) is 16.2 Å². The molecule has 2 rings (SSSR count). The van der Waals surface area contributed by atoms with Crippen LogP contribution in [-0.2, 0) is 6.42 Å². The molecule has 1 unspecified atom stereocenters. The summed E-state index contributed by atoms with van der Waals surface area (Å²) < 4.78 is 0. The number of nitrogens with zero attached hydrogens (tertiary/aromatic N) is 2. The average molecular weight is 253 g/mol. The molecule has 17 heavy (non-hydrogen) atoms. The van der Waals surface area contributed by atoms with Crippen molar-refractivity contribution >= 4 is 16.5 Å². The number of aromatic nitrogens is 2. The van der Waals surface area contributed by atoms with Gasteiger partial charge in [-0.15, -0.1) is 10.2 Å². The first-order chi connectivity index (χ1) is 8.13. The number of hydrogen-bond donors (Lipinski definition) is 1. The lowest BCUT2D eigenvalue weighted by molar-refractivity contribution is 0.286. The monoisotopic (exact) mass is 253 g/mol. The molecule has 1 heterocycles. The summed E-state index contributed by atoms with van der Waals surface area (Å²) in [5.74, 6) is 1.60. The van der Waals surface area contributed by atoms with Crippen molar-refractivity contribution in [3.63, 3.8) is 0 Å². The Bertz CT molecular complexity index is 344. The van der Waals surface area contributed by atoms with Crippen LogP contribution in [0.15, 0.2) is 0 Å². The van der Waals surface area contributed by atoms with Crippen LogP contribution in [0.25, 0.3) is 0 Å². The fourth-order valence-electron chi connectivity index (χ4n) is 2.24. The van der Waals surface area contributed by atoms with E-state index < -0.39 is 0 Å². The zero-order valence-electron chi connectivity index (χ0n) is 11.1. The Labute approximate surface area is 108 Å². The van der Waals surface area contributed by atoms with Gasteiger partial charge in [-0.05, 0) is 25.2 Å². The molecule has 1 aliphatic rings. The molecule has 1 saturated carbocycles. The lowest BCUT2D eigenvalue weighted by atomic mass is 9.81. The lowest BCUT2D eigenvalue weighted by Crippen LogP contribution is -2.23. The van der Waals surface area contributed by atoms with Crippen molar-refractivity contribution in [3.05, 3.63) is 5.01 Å². The Kier molecular flexibility index (Phi) is 4.37. The van der Waals surface area contributed by atoms with Gasteiger partial charge < -0.3 is 5.32 Å². The van der Waals surface area contributed by atoms with Crippen molar-refractivity contribution < 1.29 is 0 Å². The van der Waals surface area contributed by atoms with Crippen LogP contribution in [0.2, 0.25) is 0 Å². The van der Waals surface area contributed by atoms with Crippen LogP contribution in [0, 0.1) is 11.8 Å². The van der Waals surface area contributed by atoms with Gasteiger partial charge in [-0.25, -0.2) is 0 Å². The molecule has 96 valence electrons. The molecule has 1 N–H and O–H groups in total. The van der Waals surface area contributed by atoms with E-state index in [1.807, 2.05) is 0 Å². The molecule has 0 amide bonds. The summed E-state index contributed by atoms with van der Waals surface area (Å²) in [5.41, 5.74) is 0. The van der Waals surface area contributed by atoms with Crippen LogP contribution < -0.4 is 5.32 Å². The minimum Gasteiger partial charge on any atom is -0.358 e. The van der Waals surface area contributed by atoms with Crippen LogP contribution in [0.1, 0.15) is 51.5 Å². The van der Waals surface area contributed by atoms with Crippen molar-refractivity contribution in [1.82, 2.24) is 10.2 Å². The van der Waals surface area contributed by atoms with Crippen molar-refractivity contribution in [2.45, 2.75) is 58.9 Å². The zero-order valence-corrected chi connectivity index (χ0v) is 11.9. The second-order valence-corrected chi connectivity index (χ2v) is 6.74. The summed E-state index contributed by atoms with van der Waals surface area (Å²) >= 11 is 1.71. The van der Waals surface area contributed by atoms with Gasteiger partial charge in [0, 0.05) is 12.5 Å². The van der Waals surface area contributed by atoms with Gasteiger partial charge in [-0.2, -0.15) is 0 Å². The Morgan fingerprint density at radius 1 is 1.29 bits per heavy atom. The number of rotatable bonds is 6. The molecule has 1 fully saturated rings. The van der Waals surface area contributed by atoms with Gasteiger partial charge in [0.1, 0.15) is 5.01 Å². The maximum Gasteiger partial charge on any atom is 0.205 e. The summed E-state index contributed by atoms with van der Waals surface area (Å²) in [6.07, 6.45) is 6.58. The minimum atomic E-state index is 0.528. The van der Waals surface area contributed by atoms with Gasteiger partial charge >= 0.3 is 0 Å². The van der Waals surface area contributed by atoms with E-state index in [4.69, 9.17) is 0 Å². The average Bonchev–Trinajstić information content (AvgIpc) is 2.58. The van der Waals surface area contributed by atoms with E-state index in [9.17, 15) is 0 Å². The lowest BCUT2D eigenvalue weighted by Gasteiger charge is -2.28. The molecule has 0 saturated heterocycles. The maximum absolute atomic E-state index is 4.23. The number of nitrogens with one attached hydrogen (secondary N) is 1. The minimum absolute atomic E-state index is 0.528. The van der Waals surface area contributed by atoms with Crippen molar-refractivity contribution in [2.75, 3.05) is 5.32 Å². The summed E-state index contributed by atoms with van der Waals surface area (Å²) in [5, 5.41) is 14.1. The van der Waals surface area contributed by atoms with Crippen molar-refractivity contribution in [3.8, 4) is 0 Å². The van der Waals surface area contributed by atoms with E-state index in [-0.39, 0.29) is 0 Å². The maximum atomic E-state index is 4.23. The van der Waals surface area contributed by atoms with Crippen LogP contribution in [0.5, 0.6) is 0 Å².